The first kappa shape index (κ1) is 22.4. The van der Waals surface area contributed by atoms with E-state index in [2.05, 4.69) is 91.0 Å². The van der Waals surface area contributed by atoms with E-state index < -0.39 is 0 Å². The highest BCUT2D eigenvalue weighted by Crippen LogP contribution is 2.21. The number of hydrogen-bond acceptors (Lipinski definition) is 4. The van der Waals surface area contributed by atoms with Gasteiger partial charge >= 0.3 is 0 Å². The van der Waals surface area contributed by atoms with Crippen LogP contribution in [0.25, 0.3) is 0 Å². The summed E-state index contributed by atoms with van der Waals surface area (Å²) in [6.07, 6.45) is 0. The smallest absolute Gasteiger partial charge is 0.246 e. The van der Waals surface area contributed by atoms with Gasteiger partial charge in [0.25, 0.3) is 0 Å². The number of nitrogens with zero attached hydrogens (tertiary/aromatic N) is 2. The maximum absolute atomic E-state index is 12.5. The fourth-order valence-electron chi connectivity index (χ4n) is 3.87. The van der Waals surface area contributed by atoms with Crippen LogP contribution in [0.3, 0.4) is 0 Å². The maximum Gasteiger partial charge on any atom is 0.246 e. The van der Waals surface area contributed by atoms with Gasteiger partial charge in [-0.3, -0.25) is 9.69 Å². The lowest BCUT2D eigenvalue weighted by Crippen LogP contribution is -2.45. The first-order chi connectivity index (χ1) is 15.6. The van der Waals surface area contributed by atoms with E-state index in [0.717, 1.165) is 48.6 Å². The second-order valence-electron chi connectivity index (χ2n) is 8.16. The molecular formula is C26H29BrN4O. The summed E-state index contributed by atoms with van der Waals surface area (Å²) in [5.74, 6) is -0.0639. The van der Waals surface area contributed by atoms with E-state index in [1.165, 1.54) is 11.3 Å². The molecule has 1 aliphatic heterocycles. The molecule has 5 nitrogen and oxygen atoms in total. The summed E-state index contributed by atoms with van der Waals surface area (Å²) >= 11 is 3.40. The third-order valence-corrected chi connectivity index (χ3v) is 6.27. The molecule has 3 aromatic carbocycles. The molecule has 166 valence electrons. The van der Waals surface area contributed by atoms with E-state index in [1.54, 1.807) is 0 Å². The minimum absolute atomic E-state index is 0.0639. The van der Waals surface area contributed by atoms with Gasteiger partial charge in [-0.25, -0.2) is 0 Å². The number of rotatable bonds is 7. The lowest BCUT2D eigenvalue weighted by atomic mass is 10.2. The molecule has 1 atom stereocenters. The Hall–Kier alpha value is -2.83. The Morgan fingerprint density at radius 3 is 2.16 bits per heavy atom. The van der Waals surface area contributed by atoms with Crippen molar-refractivity contribution in [2.24, 2.45) is 0 Å². The zero-order chi connectivity index (χ0) is 22.3. The standard InChI is InChI=1S/C26H29BrN4O/c1-20(26(32)29-24-9-7-22(27)8-10-24)28-23-11-13-25(14-12-23)31-17-15-30(16-18-31)19-21-5-3-2-4-6-21/h2-14,20,28H,15-19H2,1H3,(H,29,32). The summed E-state index contributed by atoms with van der Waals surface area (Å²) in [6, 6.07) is 26.3. The molecule has 6 heteroatoms. The van der Waals surface area contributed by atoms with Crippen LogP contribution in [0.4, 0.5) is 17.1 Å². The van der Waals surface area contributed by atoms with Gasteiger partial charge in [-0.2, -0.15) is 0 Å². The van der Waals surface area contributed by atoms with E-state index in [-0.39, 0.29) is 11.9 Å². The Balaban J connectivity index is 1.26. The van der Waals surface area contributed by atoms with Crippen molar-refractivity contribution in [3.05, 3.63) is 88.9 Å². The zero-order valence-corrected chi connectivity index (χ0v) is 19.9. The molecule has 0 saturated carbocycles. The number of nitrogens with one attached hydrogen (secondary N) is 2. The van der Waals surface area contributed by atoms with Gasteiger partial charge in [0.05, 0.1) is 0 Å². The average Bonchev–Trinajstić information content (AvgIpc) is 2.82. The predicted molar refractivity (Wildman–Crippen MR) is 136 cm³/mol. The molecule has 1 fully saturated rings. The van der Waals surface area contributed by atoms with Crippen LogP contribution in [-0.2, 0) is 11.3 Å². The maximum atomic E-state index is 12.5. The molecule has 0 aromatic heterocycles. The van der Waals surface area contributed by atoms with Crippen molar-refractivity contribution in [1.82, 2.24) is 4.90 Å². The van der Waals surface area contributed by atoms with Crippen LogP contribution in [0, 0.1) is 0 Å². The number of anilines is 3. The van der Waals surface area contributed by atoms with E-state index >= 15 is 0 Å². The van der Waals surface area contributed by atoms with Gasteiger partial charge in [-0.05, 0) is 61.0 Å². The van der Waals surface area contributed by atoms with E-state index in [1.807, 2.05) is 31.2 Å². The molecule has 3 aromatic rings. The van der Waals surface area contributed by atoms with Crippen LogP contribution < -0.4 is 15.5 Å². The molecule has 4 rings (SSSR count). The van der Waals surface area contributed by atoms with Gasteiger partial charge in [-0.1, -0.05) is 46.3 Å². The minimum Gasteiger partial charge on any atom is -0.374 e. The van der Waals surface area contributed by atoms with Crippen molar-refractivity contribution in [3.8, 4) is 0 Å². The number of hydrogen-bond donors (Lipinski definition) is 2. The Kier molecular flexibility index (Phi) is 7.45. The highest BCUT2D eigenvalue weighted by molar-refractivity contribution is 9.10. The van der Waals surface area contributed by atoms with Crippen LogP contribution in [0.2, 0.25) is 0 Å². The van der Waals surface area contributed by atoms with Crippen molar-refractivity contribution in [1.29, 1.82) is 0 Å². The van der Waals surface area contributed by atoms with Gasteiger partial charge in [0.15, 0.2) is 0 Å². The third-order valence-electron chi connectivity index (χ3n) is 5.74. The first-order valence-electron chi connectivity index (χ1n) is 11.0. The molecule has 1 amide bonds. The topological polar surface area (TPSA) is 47.6 Å². The third kappa shape index (κ3) is 6.11. The first-order valence-corrected chi connectivity index (χ1v) is 11.8. The van der Waals surface area contributed by atoms with Crippen LogP contribution in [0.15, 0.2) is 83.3 Å². The molecule has 0 radical (unpaired) electrons. The molecular weight excluding hydrogens is 464 g/mol. The summed E-state index contributed by atoms with van der Waals surface area (Å²) in [5, 5.41) is 6.23. The van der Waals surface area contributed by atoms with Gasteiger partial charge in [0.2, 0.25) is 5.91 Å². The van der Waals surface area contributed by atoms with Gasteiger partial charge in [-0.15, -0.1) is 0 Å². The highest BCUT2D eigenvalue weighted by Gasteiger charge is 2.18. The molecule has 0 spiro atoms. The Morgan fingerprint density at radius 2 is 1.50 bits per heavy atom. The zero-order valence-electron chi connectivity index (χ0n) is 18.3. The molecule has 2 N–H and O–H groups in total. The van der Waals surface area contributed by atoms with E-state index in [0.29, 0.717) is 0 Å². The molecule has 1 unspecified atom stereocenters. The van der Waals surface area contributed by atoms with Crippen molar-refractivity contribution >= 4 is 38.9 Å². The summed E-state index contributed by atoms with van der Waals surface area (Å²) in [5.41, 5.74) is 4.32. The summed E-state index contributed by atoms with van der Waals surface area (Å²) in [4.78, 5) is 17.4. The second kappa shape index (κ2) is 10.7. The molecule has 0 bridgehead atoms. The number of benzene rings is 3. The number of carbonyl (C=O) groups excluding carboxylic acids is 1. The van der Waals surface area contributed by atoms with Crippen molar-refractivity contribution in [3.63, 3.8) is 0 Å². The van der Waals surface area contributed by atoms with E-state index in [9.17, 15) is 4.79 Å². The normalized spacial score (nSPS) is 15.2. The molecule has 0 aliphatic carbocycles. The second-order valence-corrected chi connectivity index (χ2v) is 9.07. The fraction of sp³-hybridized carbons (Fsp3) is 0.269. The Morgan fingerprint density at radius 1 is 0.875 bits per heavy atom. The average molecular weight is 493 g/mol. The molecule has 1 saturated heterocycles. The quantitative estimate of drug-likeness (QED) is 0.475. The van der Waals surface area contributed by atoms with Gasteiger partial charge < -0.3 is 15.5 Å². The SMILES string of the molecule is CC(Nc1ccc(N2CCN(Cc3ccccc3)CC2)cc1)C(=O)Nc1ccc(Br)cc1. The van der Waals surface area contributed by atoms with Gasteiger partial charge in [0, 0.05) is 54.3 Å². The van der Waals surface area contributed by atoms with Crippen LogP contribution >= 0.6 is 15.9 Å². The number of piperazine rings is 1. The number of amides is 1. The van der Waals surface area contributed by atoms with Crippen LogP contribution in [0.1, 0.15) is 12.5 Å². The summed E-state index contributed by atoms with van der Waals surface area (Å²) < 4.78 is 0.986. The number of carbonyl (C=O) groups is 1. The Labute approximate surface area is 198 Å². The van der Waals surface area contributed by atoms with Gasteiger partial charge in [0.1, 0.15) is 6.04 Å². The molecule has 1 heterocycles. The minimum atomic E-state index is -0.342. The number of halogens is 1. The molecule has 1 aliphatic rings. The van der Waals surface area contributed by atoms with Crippen LogP contribution in [-0.4, -0.2) is 43.0 Å². The largest absolute Gasteiger partial charge is 0.374 e. The lowest BCUT2D eigenvalue weighted by Gasteiger charge is -2.36. The molecule has 32 heavy (non-hydrogen) atoms. The van der Waals surface area contributed by atoms with Crippen molar-refractivity contribution in [2.45, 2.75) is 19.5 Å². The fourth-order valence-corrected chi connectivity index (χ4v) is 4.14. The monoisotopic (exact) mass is 492 g/mol. The van der Waals surface area contributed by atoms with Crippen LogP contribution in [0.5, 0.6) is 0 Å². The summed E-state index contributed by atoms with van der Waals surface area (Å²) in [7, 11) is 0. The lowest BCUT2D eigenvalue weighted by molar-refractivity contribution is -0.116. The summed E-state index contributed by atoms with van der Waals surface area (Å²) in [6.45, 7) is 7.04. The predicted octanol–water partition coefficient (Wildman–Crippen LogP) is 5.21. The highest BCUT2D eigenvalue weighted by atomic mass is 79.9. The van der Waals surface area contributed by atoms with Crippen molar-refractivity contribution < 1.29 is 4.79 Å². The Bertz CT molecular complexity index is 1000. The van der Waals surface area contributed by atoms with E-state index in [4.69, 9.17) is 0 Å². The van der Waals surface area contributed by atoms with Crippen molar-refractivity contribution in [2.75, 3.05) is 41.7 Å².